The summed E-state index contributed by atoms with van der Waals surface area (Å²) in [7, 11) is 0. The van der Waals surface area contributed by atoms with Crippen LogP contribution in [0.1, 0.15) is 40.0 Å². The lowest BCUT2D eigenvalue weighted by Crippen LogP contribution is -1.91. The molecular weight excluding hydrogens is 132 g/mol. The van der Waals surface area contributed by atoms with Crippen LogP contribution in [0.25, 0.3) is 0 Å². The standard InChI is InChI=1S/C11H18/c1-4-5-10-6-7-11(8-10)9(2)3/h6-7,9H,4-5,8H2,1-3H3. The molecule has 1 aliphatic carbocycles. The summed E-state index contributed by atoms with van der Waals surface area (Å²) in [5.74, 6) is 0.737. The number of hydrogen-bond donors (Lipinski definition) is 0. The monoisotopic (exact) mass is 150 g/mol. The van der Waals surface area contributed by atoms with Crippen molar-refractivity contribution in [1.29, 1.82) is 0 Å². The van der Waals surface area contributed by atoms with Crippen molar-refractivity contribution in [1.82, 2.24) is 0 Å². The molecule has 0 atom stereocenters. The van der Waals surface area contributed by atoms with Crippen molar-refractivity contribution in [3.8, 4) is 0 Å². The van der Waals surface area contributed by atoms with E-state index in [1.54, 1.807) is 11.1 Å². The van der Waals surface area contributed by atoms with Crippen molar-refractivity contribution in [2.75, 3.05) is 0 Å². The molecule has 0 saturated heterocycles. The fourth-order valence-electron chi connectivity index (χ4n) is 1.49. The van der Waals surface area contributed by atoms with Crippen LogP contribution in [-0.2, 0) is 0 Å². The number of allylic oxidation sites excluding steroid dienone is 4. The molecule has 0 spiro atoms. The second kappa shape index (κ2) is 3.75. The summed E-state index contributed by atoms with van der Waals surface area (Å²) >= 11 is 0. The van der Waals surface area contributed by atoms with Gasteiger partial charge >= 0.3 is 0 Å². The Hall–Kier alpha value is -0.520. The predicted octanol–water partition coefficient (Wildman–Crippen LogP) is 3.70. The Morgan fingerprint density at radius 3 is 2.55 bits per heavy atom. The van der Waals surface area contributed by atoms with Gasteiger partial charge in [-0.15, -0.1) is 0 Å². The molecule has 0 aromatic heterocycles. The van der Waals surface area contributed by atoms with Crippen LogP contribution >= 0.6 is 0 Å². The molecule has 0 unspecified atom stereocenters. The van der Waals surface area contributed by atoms with Crippen molar-refractivity contribution in [3.05, 3.63) is 23.3 Å². The summed E-state index contributed by atoms with van der Waals surface area (Å²) < 4.78 is 0. The molecule has 0 radical (unpaired) electrons. The van der Waals surface area contributed by atoms with E-state index in [1.165, 1.54) is 19.3 Å². The van der Waals surface area contributed by atoms with E-state index in [2.05, 4.69) is 32.9 Å². The minimum Gasteiger partial charge on any atom is -0.0662 e. The number of hydrogen-bond acceptors (Lipinski definition) is 0. The third kappa shape index (κ3) is 2.21. The van der Waals surface area contributed by atoms with Crippen molar-refractivity contribution >= 4 is 0 Å². The lowest BCUT2D eigenvalue weighted by Gasteiger charge is -2.07. The largest absolute Gasteiger partial charge is 0.0662 e. The predicted molar refractivity (Wildman–Crippen MR) is 50.5 cm³/mol. The van der Waals surface area contributed by atoms with Crippen LogP contribution in [-0.4, -0.2) is 0 Å². The fraction of sp³-hybridized carbons (Fsp3) is 0.636. The third-order valence-corrected chi connectivity index (χ3v) is 2.28. The van der Waals surface area contributed by atoms with Crippen LogP contribution in [0, 0.1) is 5.92 Å². The first-order valence-corrected chi connectivity index (χ1v) is 4.62. The zero-order valence-corrected chi connectivity index (χ0v) is 7.85. The maximum absolute atomic E-state index is 2.30. The maximum Gasteiger partial charge on any atom is -0.00996 e. The van der Waals surface area contributed by atoms with Gasteiger partial charge in [0.1, 0.15) is 0 Å². The van der Waals surface area contributed by atoms with E-state index in [4.69, 9.17) is 0 Å². The average molecular weight is 150 g/mol. The van der Waals surface area contributed by atoms with Gasteiger partial charge in [0.2, 0.25) is 0 Å². The van der Waals surface area contributed by atoms with Crippen molar-refractivity contribution in [3.63, 3.8) is 0 Å². The topological polar surface area (TPSA) is 0 Å². The molecular formula is C11H18. The molecule has 0 aliphatic heterocycles. The summed E-state index contributed by atoms with van der Waals surface area (Å²) in [6, 6.07) is 0. The highest BCUT2D eigenvalue weighted by Crippen LogP contribution is 2.27. The van der Waals surface area contributed by atoms with Crippen LogP contribution in [0.3, 0.4) is 0 Å². The maximum atomic E-state index is 2.30. The highest BCUT2D eigenvalue weighted by atomic mass is 14.1. The van der Waals surface area contributed by atoms with Crippen LogP contribution < -0.4 is 0 Å². The quantitative estimate of drug-likeness (QED) is 0.575. The molecule has 0 aromatic rings. The molecule has 0 bridgehead atoms. The summed E-state index contributed by atoms with van der Waals surface area (Å²) in [5.41, 5.74) is 3.23. The van der Waals surface area contributed by atoms with Gasteiger partial charge in [-0.2, -0.15) is 0 Å². The van der Waals surface area contributed by atoms with Crippen molar-refractivity contribution in [2.45, 2.75) is 40.0 Å². The Labute approximate surface area is 70.0 Å². The van der Waals surface area contributed by atoms with Crippen LogP contribution in [0.5, 0.6) is 0 Å². The molecule has 62 valence electrons. The lowest BCUT2D eigenvalue weighted by atomic mass is 9.99. The smallest absolute Gasteiger partial charge is 0.00996 e. The summed E-state index contributed by atoms with van der Waals surface area (Å²) in [5, 5.41) is 0. The van der Waals surface area contributed by atoms with Gasteiger partial charge in [0, 0.05) is 0 Å². The van der Waals surface area contributed by atoms with Gasteiger partial charge in [-0.3, -0.25) is 0 Å². The molecule has 0 saturated carbocycles. The second-order valence-corrected chi connectivity index (χ2v) is 3.65. The number of rotatable bonds is 3. The zero-order chi connectivity index (χ0) is 8.27. The Kier molecular flexibility index (Phi) is 2.92. The Bertz CT molecular complexity index is 182. The first-order valence-electron chi connectivity index (χ1n) is 4.62. The highest BCUT2D eigenvalue weighted by molar-refractivity contribution is 5.31. The van der Waals surface area contributed by atoms with E-state index in [9.17, 15) is 0 Å². The van der Waals surface area contributed by atoms with E-state index in [0.717, 1.165) is 5.92 Å². The molecule has 0 fully saturated rings. The molecule has 0 N–H and O–H groups in total. The Morgan fingerprint density at radius 2 is 2.09 bits per heavy atom. The van der Waals surface area contributed by atoms with E-state index >= 15 is 0 Å². The average Bonchev–Trinajstić information content (AvgIpc) is 2.37. The molecule has 0 nitrogen and oxygen atoms in total. The van der Waals surface area contributed by atoms with E-state index < -0.39 is 0 Å². The summed E-state index contributed by atoms with van der Waals surface area (Å²) in [6.45, 7) is 6.79. The van der Waals surface area contributed by atoms with Crippen LogP contribution in [0.15, 0.2) is 23.3 Å². The third-order valence-electron chi connectivity index (χ3n) is 2.28. The zero-order valence-electron chi connectivity index (χ0n) is 7.85. The van der Waals surface area contributed by atoms with Crippen molar-refractivity contribution < 1.29 is 0 Å². The second-order valence-electron chi connectivity index (χ2n) is 3.65. The highest BCUT2D eigenvalue weighted by Gasteiger charge is 2.09. The van der Waals surface area contributed by atoms with E-state index in [1.807, 2.05) is 0 Å². The molecule has 1 rings (SSSR count). The Balaban J connectivity index is 2.39. The molecule has 0 heteroatoms. The minimum atomic E-state index is 0.737. The van der Waals surface area contributed by atoms with Gasteiger partial charge in [0.15, 0.2) is 0 Å². The van der Waals surface area contributed by atoms with Gasteiger partial charge in [0.25, 0.3) is 0 Å². The minimum absolute atomic E-state index is 0.737. The lowest BCUT2D eigenvalue weighted by molar-refractivity contribution is 0.734. The van der Waals surface area contributed by atoms with Gasteiger partial charge in [-0.05, 0) is 18.8 Å². The summed E-state index contributed by atoms with van der Waals surface area (Å²) in [4.78, 5) is 0. The Morgan fingerprint density at radius 1 is 1.36 bits per heavy atom. The first-order chi connectivity index (χ1) is 5.24. The fourth-order valence-corrected chi connectivity index (χ4v) is 1.49. The van der Waals surface area contributed by atoms with Gasteiger partial charge in [-0.25, -0.2) is 0 Å². The molecule has 0 heterocycles. The van der Waals surface area contributed by atoms with Gasteiger partial charge in [-0.1, -0.05) is 50.5 Å². The molecule has 1 aliphatic rings. The summed E-state index contributed by atoms with van der Waals surface area (Å²) in [6.07, 6.45) is 8.41. The molecule has 0 amide bonds. The normalized spacial score (nSPS) is 17.1. The molecule has 0 aromatic carbocycles. The van der Waals surface area contributed by atoms with Crippen LogP contribution in [0.4, 0.5) is 0 Å². The first kappa shape index (κ1) is 8.58. The van der Waals surface area contributed by atoms with E-state index in [0.29, 0.717) is 0 Å². The van der Waals surface area contributed by atoms with Crippen LogP contribution in [0.2, 0.25) is 0 Å². The van der Waals surface area contributed by atoms with Gasteiger partial charge in [0.05, 0.1) is 0 Å². The SMILES string of the molecule is CCCC1=CC=C(C(C)C)C1. The van der Waals surface area contributed by atoms with Gasteiger partial charge < -0.3 is 0 Å². The molecule has 11 heavy (non-hydrogen) atoms. The van der Waals surface area contributed by atoms with Crippen molar-refractivity contribution in [2.24, 2.45) is 5.92 Å². The van der Waals surface area contributed by atoms with E-state index in [-0.39, 0.29) is 0 Å².